The SMILES string of the molecule is CCN(CCCC(C)N(C(=O)OCC1c2ccccc2-c2ccccc21)c1ccnc2cc(Cl)ccc12)CCOC(=O)CCNC(=O)OC(C)(C)C. The summed E-state index contributed by atoms with van der Waals surface area (Å²) in [5.74, 6) is -0.444. The first-order valence-corrected chi connectivity index (χ1v) is 18.4. The predicted octanol–water partition coefficient (Wildman–Crippen LogP) is 8.59. The van der Waals surface area contributed by atoms with E-state index in [2.05, 4.69) is 46.4 Å². The van der Waals surface area contributed by atoms with Gasteiger partial charge < -0.3 is 24.4 Å². The summed E-state index contributed by atoms with van der Waals surface area (Å²) in [7, 11) is 0. The molecule has 0 fully saturated rings. The number of esters is 1. The number of hydrogen-bond donors (Lipinski definition) is 1. The number of hydrogen-bond acceptors (Lipinski definition) is 8. The van der Waals surface area contributed by atoms with Gasteiger partial charge in [0.25, 0.3) is 0 Å². The third-order valence-electron chi connectivity index (χ3n) is 9.13. The average Bonchev–Trinajstić information content (AvgIpc) is 3.42. The van der Waals surface area contributed by atoms with Crippen molar-refractivity contribution in [3.8, 4) is 11.1 Å². The van der Waals surface area contributed by atoms with Gasteiger partial charge in [0.05, 0.1) is 17.6 Å². The highest BCUT2D eigenvalue weighted by Crippen LogP contribution is 2.44. The van der Waals surface area contributed by atoms with E-state index in [9.17, 15) is 14.4 Å². The molecule has 1 unspecified atom stereocenters. The maximum Gasteiger partial charge on any atom is 0.414 e. The Hall–Kier alpha value is -4.67. The van der Waals surface area contributed by atoms with Crippen LogP contribution in [0.4, 0.5) is 15.3 Å². The number of carbonyl (C=O) groups excluding carboxylic acids is 3. The lowest BCUT2D eigenvalue weighted by Crippen LogP contribution is -2.40. The second-order valence-electron chi connectivity index (χ2n) is 14.0. The first kappa shape index (κ1) is 38.6. The largest absolute Gasteiger partial charge is 0.464 e. The van der Waals surface area contributed by atoms with E-state index in [0.29, 0.717) is 29.2 Å². The molecule has 0 bridgehead atoms. The lowest BCUT2D eigenvalue weighted by molar-refractivity contribution is -0.143. The van der Waals surface area contributed by atoms with Crippen LogP contribution >= 0.6 is 11.6 Å². The van der Waals surface area contributed by atoms with Gasteiger partial charge in [0.2, 0.25) is 0 Å². The molecule has 1 N–H and O–H groups in total. The summed E-state index contributed by atoms with van der Waals surface area (Å²) in [5.41, 5.74) is 5.46. The normalized spacial score (nSPS) is 13.0. The number of ether oxygens (including phenoxy) is 3. The molecule has 3 aromatic carbocycles. The van der Waals surface area contributed by atoms with Crippen LogP contribution < -0.4 is 10.2 Å². The van der Waals surface area contributed by atoms with Crippen LogP contribution in [0.2, 0.25) is 5.02 Å². The number of fused-ring (bicyclic) bond motifs is 4. The minimum atomic E-state index is -0.605. The van der Waals surface area contributed by atoms with E-state index in [0.717, 1.165) is 36.0 Å². The van der Waals surface area contributed by atoms with Crippen LogP contribution in [0, 0.1) is 0 Å². The van der Waals surface area contributed by atoms with Crippen LogP contribution in [0.3, 0.4) is 0 Å². The number of halogens is 1. The van der Waals surface area contributed by atoms with Gasteiger partial charge in [-0.3, -0.25) is 14.7 Å². The molecule has 10 nitrogen and oxygen atoms in total. The summed E-state index contributed by atoms with van der Waals surface area (Å²) in [6.45, 7) is 12.1. The highest BCUT2D eigenvalue weighted by Gasteiger charge is 2.31. The molecule has 11 heteroatoms. The summed E-state index contributed by atoms with van der Waals surface area (Å²) >= 11 is 6.30. The molecule has 1 aliphatic carbocycles. The molecule has 1 aromatic heterocycles. The summed E-state index contributed by atoms with van der Waals surface area (Å²) in [4.78, 5) is 46.7. The number of aromatic nitrogens is 1. The first-order chi connectivity index (χ1) is 24.9. The van der Waals surface area contributed by atoms with Crippen molar-refractivity contribution in [1.29, 1.82) is 0 Å². The van der Waals surface area contributed by atoms with E-state index in [1.807, 2.05) is 43.3 Å². The Morgan fingerprint density at radius 3 is 2.31 bits per heavy atom. The Bertz CT molecular complexity index is 1820. The number of benzene rings is 3. The molecular formula is C41H49ClN4O6. The van der Waals surface area contributed by atoms with Gasteiger partial charge in [0.15, 0.2) is 0 Å². The van der Waals surface area contributed by atoms with Crippen molar-refractivity contribution in [1.82, 2.24) is 15.2 Å². The van der Waals surface area contributed by atoms with Crippen LogP contribution in [0.1, 0.15) is 70.9 Å². The maximum absolute atomic E-state index is 14.2. The Labute approximate surface area is 311 Å². The molecular weight excluding hydrogens is 680 g/mol. The molecule has 4 aromatic rings. The highest BCUT2D eigenvalue weighted by atomic mass is 35.5. The summed E-state index contributed by atoms with van der Waals surface area (Å²) in [5, 5.41) is 3.95. The van der Waals surface area contributed by atoms with Crippen molar-refractivity contribution in [2.24, 2.45) is 0 Å². The molecule has 0 spiro atoms. The lowest BCUT2D eigenvalue weighted by atomic mass is 9.98. The Balaban J connectivity index is 1.19. The van der Waals surface area contributed by atoms with Crippen molar-refractivity contribution in [2.75, 3.05) is 44.3 Å². The molecule has 276 valence electrons. The van der Waals surface area contributed by atoms with Gasteiger partial charge in [-0.1, -0.05) is 67.1 Å². The van der Waals surface area contributed by atoms with E-state index < -0.39 is 17.8 Å². The quantitative estimate of drug-likeness (QED) is 0.0958. The summed E-state index contributed by atoms with van der Waals surface area (Å²) in [6.07, 6.45) is 2.27. The fourth-order valence-electron chi connectivity index (χ4n) is 6.60. The van der Waals surface area contributed by atoms with Crippen molar-refractivity contribution in [2.45, 2.75) is 71.4 Å². The maximum atomic E-state index is 14.2. The van der Waals surface area contributed by atoms with Crippen molar-refractivity contribution >= 4 is 46.3 Å². The van der Waals surface area contributed by atoms with Crippen molar-refractivity contribution < 1.29 is 28.6 Å². The zero-order valence-electron chi connectivity index (χ0n) is 30.7. The van der Waals surface area contributed by atoms with Gasteiger partial charge in [0, 0.05) is 41.7 Å². The number of rotatable bonds is 15. The number of carbonyl (C=O) groups is 3. The Morgan fingerprint density at radius 1 is 0.942 bits per heavy atom. The lowest BCUT2D eigenvalue weighted by Gasteiger charge is -2.31. The number of amides is 2. The average molecular weight is 729 g/mol. The smallest absolute Gasteiger partial charge is 0.414 e. The van der Waals surface area contributed by atoms with Crippen LogP contribution in [0.15, 0.2) is 79.0 Å². The second kappa shape index (κ2) is 17.7. The van der Waals surface area contributed by atoms with Gasteiger partial charge in [0.1, 0.15) is 18.8 Å². The first-order valence-electron chi connectivity index (χ1n) is 18.0. The minimum Gasteiger partial charge on any atom is -0.464 e. The van der Waals surface area contributed by atoms with Gasteiger partial charge in [-0.25, -0.2) is 9.59 Å². The molecule has 1 atom stereocenters. The summed E-state index contributed by atoms with van der Waals surface area (Å²) in [6, 6.07) is 23.7. The zero-order valence-corrected chi connectivity index (χ0v) is 31.4. The molecule has 0 saturated heterocycles. The van der Waals surface area contributed by atoms with Gasteiger partial charge in [-0.2, -0.15) is 0 Å². The van der Waals surface area contributed by atoms with Crippen LogP contribution in [-0.4, -0.2) is 79.1 Å². The van der Waals surface area contributed by atoms with E-state index in [1.54, 1.807) is 44.0 Å². The van der Waals surface area contributed by atoms with Crippen molar-refractivity contribution in [3.05, 3.63) is 95.1 Å². The predicted molar refractivity (Wildman–Crippen MR) is 205 cm³/mol. The van der Waals surface area contributed by atoms with Gasteiger partial charge in [-0.15, -0.1) is 0 Å². The standard InChI is InChI=1S/C41H49ClN4O6/c1-6-45(24-25-50-38(47)20-22-44-39(48)52-41(3,4)5)23-11-12-28(2)46(37-19-21-43-36-26-29(42)17-18-34(36)37)40(49)51-27-35-32-15-9-7-13-30(32)31-14-8-10-16-33(31)35/h7-10,13-19,21,26,28,35H,6,11-12,20,22-25,27H2,1-5H3,(H,44,48). The molecule has 0 saturated carbocycles. The minimum absolute atomic E-state index is 0.0600. The van der Waals surface area contributed by atoms with Gasteiger partial charge >= 0.3 is 18.2 Å². The number of alkyl carbamates (subject to hydrolysis) is 1. The fraction of sp³-hybridized carbons (Fsp3) is 0.415. The Morgan fingerprint density at radius 2 is 1.63 bits per heavy atom. The topological polar surface area (TPSA) is 110 Å². The van der Waals surface area contributed by atoms with E-state index in [-0.39, 0.29) is 44.1 Å². The zero-order chi connectivity index (χ0) is 37.3. The number of pyridine rings is 1. The van der Waals surface area contributed by atoms with E-state index >= 15 is 0 Å². The van der Waals surface area contributed by atoms with Crippen LogP contribution in [-0.2, 0) is 19.0 Å². The third-order valence-corrected chi connectivity index (χ3v) is 9.36. The highest BCUT2D eigenvalue weighted by molar-refractivity contribution is 6.31. The molecule has 1 aliphatic rings. The molecule has 0 radical (unpaired) electrons. The number of anilines is 1. The molecule has 2 amide bonds. The van der Waals surface area contributed by atoms with Gasteiger partial charge in [-0.05, 0) is 100 Å². The Kier molecular flexibility index (Phi) is 13.1. The van der Waals surface area contributed by atoms with Crippen molar-refractivity contribution in [3.63, 3.8) is 0 Å². The third kappa shape index (κ3) is 10.0. The fourth-order valence-corrected chi connectivity index (χ4v) is 6.77. The van der Waals surface area contributed by atoms with Crippen LogP contribution in [0.25, 0.3) is 22.0 Å². The molecule has 5 rings (SSSR count). The summed E-state index contributed by atoms with van der Waals surface area (Å²) < 4.78 is 16.8. The molecule has 0 aliphatic heterocycles. The number of nitrogens with one attached hydrogen (secondary N) is 1. The van der Waals surface area contributed by atoms with E-state index in [4.69, 9.17) is 25.8 Å². The number of likely N-dealkylation sites (N-methyl/N-ethyl adjacent to an activating group) is 1. The number of nitrogens with zero attached hydrogens (tertiary/aromatic N) is 3. The monoisotopic (exact) mass is 728 g/mol. The van der Waals surface area contributed by atoms with Crippen LogP contribution in [0.5, 0.6) is 0 Å². The molecule has 52 heavy (non-hydrogen) atoms. The molecule has 1 heterocycles. The second-order valence-corrected chi connectivity index (χ2v) is 14.4. The van der Waals surface area contributed by atoms with E-state index in [1.165, 1.54) is 11.1 Å².